The molecular weight excluding hydrogens is 186 g/mol. The van der Waals surface area contributed by atoms with Crippen LogP contribution in [0.4, 0.5) is 0 Å². The predicted molar refractivity (Wildman–Crippen MR) is 58.9 cm³/mol. The van der Waals surface area contributed by atoms with Crippen LogP contribution >= 0.6 is 0 Å². The van der Waals surface area contributed by atoms with Gasteiger partial charge in [0.15, 0.2) is 0 Å². The molecule has 15 heavy (non-hydrogen) atoms. The van der Waals surface area contributed by atoms with Crippen LogP contribution < -0.4 is 0 Å². The Kier molecular flexibility index (Phi) is 2.24. The first-order valence-electron chi connectivity index (χ1n) is 5.53. The number of allylic oxidation sites excluding steroid dienone is 1. The van der Waals surface area contributed by atoms with Crippen molar-refractivity contribution in [2.45, 2.75) is 38.2 Å². The maximum Gasteiger partial charge on any atom is 0.105 e. The molecule has 1 saturated carbocycles. The monoisotopic (exact) mass is 203 g/mol. The summed E-state index contributed by atoms with van der Waals surface area (Å²) in [6.07, 6.45) is 7.36. The normalized spacial score (nSPS) is 44.1. The second-order valence-corrected chi connectivity index (χ2v) is 4.94. The molecular formula is C13H17NO. The van der Waals surface area contributed by atoms with Gasteiger partial charge >= 0.3 is 0 Å². The molecule has 2 nitrogen and oxygen atoms in total. The molecule has 1 N–H and O–H groups in total. The molecule has 2 heteroatoms. The van der Waals surface area contributed by atoms with Crippen molar-refractivity contribution in [2.75, 3.05) is 0 Å². The third kappa shape index (κ3) is 1.27. The maximum atomic E-state index is 10.4. The highest BCUT2D eigenvalue weighted by Crippen LogP contribution is 2.57. The van der Waals surface area contributed by atoms with Crippen LogP contribution in [0.1, 0.15) is 32.6 Å². The van der Waals surface area contributed by atoms with E-state index in [9.17, 15) is 10.4 Å². The van der Waals surface area contributed by atoms with Gasteiger partial charge in [-0.25, -0.2) is 0 Å². The zero-order valence-corrected chi connectivity index (χ0v) is 9.16. The number of fused-ring (bicyclic) bond motifs is 1. The lowest BCUT2D eigenvalue weighted by molar-refractivity contribution is 0.130. The summed E-state index contributed by atoms with van der Waals surface area (Å²) in [6.45, 7) is 5.81. The molecule has 0 unspecified atom stereocenters. The minimum Gasteiger partial charge on any atom is -0.381 e. The Hall–Kier alpha value is -1.07. The van der Waals surface area contributed by atoms with Gasteiger partial charge in [-0.1, -0.05) is 25.7 Å². The van der Waals surface area contributed by atoms with Crippen LogP contribution in [0.5, 0.6) is 0 Å². The van der Waals surface area contributed by atoms with Crippen LogP contribution in [0.3, 0.4) is 0 Å². The van der Waals surface area contributed by atoms with Crippen molar-refractivity contribution in [1.82, 2.24) is 0 Å². The number of hydrogen-bond donors (Lipinski definition) is 1. The van der Waals surface area contributed by atoms with Crippen LogP contribution in [0.15, 0.2) is 24.3 Å². The number of aliphatic hydroxyl groups is 1. The van der Waals surface area contributed by atoms with Crippen LogP contribution in [-0.4, -0.2) is 10.7 Å². The van der Waals surface area contributed by atoms with Gasteiger partial charge in [-0.2, -0.15) is 5.26 Å². The predicted octanol–water partition coefficient (Wildman–Crippen LogP) is 2.56. The molecule has 1 fully saturated rings. The number of rotatable bonds is 1. The van der Waals surface area contributed by atoms with Gasteiger partial charge in [-0.05, 0) is 24.8 Å². The molecule has 2 aliphatic rings. The molecule has 0 aromatic heterocycles. The van der Waals surface area contributed by atoms with E-state index < -0.39 is 5.60 Å². The molecule has 0 aliphatic heterocycles. The van der Waals surface area contributed by atoms with Gasteiger partial charge < -0.3 is 5.11 Å². The fourth-order valence-electron chi connectivity index (χ4n) is 3.14. The Morgan fingerprint density at radius 1 is 1.73 bits per heavy atom. The Morgan fingerprint density at radius 2 is 2.47 bits per heavy atom. The Morgan fingerprint density at radius 3 is 3.07 bits per heavy atom. The molecule has 0 amide bonds. The van der Waals surface area contributed by atoms with E-state index in [0.717, 1.165) is 24.8 Å². The molecule has 0 spiro atoms. The molecule has 2 aliphatic carbocycles. The first-order chi connectivity index (χ1) is 7.07. The molecule has 0 aromatic rings. The number of nitrogens with zero attached hydrogens (tertiary/aromatic N) is 1. The molecule has 0 bridgehead atoms. The van der Waals surface area contributed by atoms with Gasteiger partial charge in [0.05, 0.1) is 12.0 Å². The lowest BCUT2D eigenvalue weighted by Gasteiger charge is -2.35. The van der Waals surface area contributed by atoms with Crippen LogP contribution in [0.2, 0.25) is 0 Å². The minimum atomic E-state index is -0.935. The summed E-state index contributed by atoms with van der Waals surface area (Å²) in [4.78, 5) is 0. The summed E-state index contributed by atoms with van der Waals surface area (Å²) in [5, 5.41) is 19.6. The molecule has 3 atom stereocenters. The number of hydrogen-bond acceptors (Lipinski definition) is 2. The Balaban J connectivity index is 2.51. The summed E-state index contributed by atoms with van der Waals surface area (Å²) in [5.41, 5.74) is -0.0336. The molecule has 0 saturated heterocycles. The van der Waals surface area contributed by atoms with Gasteiger partial charge in [-0.3, -0.25) is 0 Å². The van der Waals surface area contributed by atoms with E-state index in [1.165, 1.54) is 0 Å². The average Bonchev–Trinajstić information content (AvgIpc) is 2.48. The van der Waals surface area contributed by atoms with Crippen molar-refractivity contribution >= 4 is 0 Å². The fourth-order valence-corrected chi connectivity index (χ4v) is 3.14. The summed E-state index contributed by atoms with van der Waals surface area (Å²) in [6, 6.07) is 2.34. The van der Waals surface area contributed by atoms with Crippen LogP contribution in [-0.2, 0) is 0 Å². The van der Waals surface area contributed by atoms with E-state index in [-0.39, 0.29) is 11.3 Å². The summed E-state index contributed by atoms with van der Waals surface area (Å²) < 4.78 is 0. The van der Waals surface area contributed by atoms with Crippen LogP contribution in [0, 0.1) is 22.7 Å². The SMILES string of the molecule is C=C[C@]1(O)C[C@@H](C#N)[C@]2(C)CCCC=C12. The van der Waals surface area contributed by atoms with E-state index in [0.29, 0.717) is 6.42 Å². The minimum absolute atomic E-state index is 0.0768. The van der Waals surface area contributed by atoms with Gasteiger partial charge in [0, 0.05) is 11.8 Å². The third-order valence-corrected chi connectivity index (χ3v) is 4.11. The molecule has 0 radical (unpaired) electrons. The standard InChI is InChI=1S/C13H17NO/c1-3-13(15)8-10(9-14)12(2)7-5-4-6-11(12)13/h3,6,10,15H,1,4-5,7-8H2,2H3/t10-,12-,13-/m0/s1. The molecule has 0 heterocycles. The Labute approximate surface area is 90.9 Å². The van der Waals surface area contributed by atoms with E-state index in [1.54, 1.807) is 6.08 Å². The quantitative estimate of drug-likeness (QED) is 0.666. The largest absolute Gasteiger partial charge is 0.381 e. The lowest BCUT2D eigenvalue weighted by atomic mass is 9.70. The zero-order chi connectivity index (χ0) is 11.1. The first kappa shape index (κ1) is 10.4. The van der Waals surface area contributed by atoms with Gasteiger partial charge in [0.25, 0.3) is 0 Å². The molecule has 0 aromatic carbocycles. The first-order valence-corrected chi connectivity index (χ1v) is 5.53. The third-order valence-electron chi connectivity index (χ3n) is 4.11. The summed E-state index contributed by atoms with van der Waals surface area (Å²) in [7, 11) is 0. The summed E-state index contributed by atoms with van der Waals surface area (Å²) >= 11 is 0. The Bertz CT molecular complexity index is 365. The van der Waals surface area contributed by atoms with Gasteiger partial charge in [-0.15, -0.1) is 0 Å². The van der Waals surface area contributed by atoms with E-state index >= 15 is 0 Å². The number of nitriles is 1. The fraction of sp³-hybridized carbons (Fsp3) is 0.615. The highest BCUT2D eigenvalue weighted by Gasteiger charge is 2.54. The van der Waals surface area contributed by atoms with Crippen molar-refractivity contribution in [2.24, 2.45) is 11.3 Å². The van der Waals surface area contributed by atoms with Crippen LogP contribution in [0.25, 0.3) is 0 Å². The van der Waals surface area contributed by atoms with Gasteiger partial charge in [0.2, 0.25) is 0 Å². The summed E-state index contributed by atoms with van der Waals surface area (Å²) in [5.74, 6) is -0.0768. The van der Waals surface area contributed by atoms with Crippen molar-refractivity contribution in [3.63, 3.8) is 0 Å². The zero-order valence-electron chi connectivity index (χ0n) is 9.16. The second kappa shape index (κ2) is 3.21. The van der Waals surface area contributed by atoms with Crippen molar-refractivity contribution in [3.05, 3.63) is 24.3 Å². The second-order valence-electron chi connectivity index (χ2n) is 4.94. The molecule has 80 valence electrons. The van der Waals surface area contributed by atoms with Crippen molar-refractivity contribution in [1.29, 1.82) is 5.26 Å². The van der Waals surface area contributed by atoms with E-state index in [4.69, 9.17) is 0 Å². The topological polar surface area (TPSA) is 44.0 Å². The highest BCUT2D eigenvalue weighted by molar-refractivity contribution is 5.39. The van der Waals surface area contributed by atoms with E-state index in [2.05, 4.69) is 25.6 Å². The van der Waals surface area contributed by atoms with Crippen molar-refractivity contribution in [3.8, 4) is 6.07 Å². The smallest absolute Gasteiger partial charge is 0.105 e. The van der Waals surface area contributed by atoms with E-state index in [1.807, 2.05) is 0 Å². The lowest BCUT2D eigenvalue weighted by Crippen LogP contribution is -2.30. The highest BCUT2D eigenvalue weighted by atomic mass is 16.3. The molecule has 2 rings (SSSR count). The van der Waals surface area contributed by atoms with Crippen molar-refractivity contribution < 1.29 is 5.11 Å². The average molecular weight is 203 g/mol. The van der Waals surface area contributed by atoms with Gasteiger partial charge in [0.1, 0.15) is 5.60 Å². The maximum absolute atomic E-state index is 10.4.